The van der Waals surface area contributed by atoms with Gasteiger partial charge in [0.2, 0.25) is 0 Å². The summed E-state index contributed by atoms with van der Waals surface area (Å²) in [6, 6.07) is 5.82. The van der Waals surface area contributed by atoms with E-state index in [1.54, 1.807) is 0 Å². The highest BCUT2D eigenvalue weighted by Crippen LogP contribution is 2.29. The predicted octanol–water partition coefficient (Wildman–Crippen LogP) is 2.79. The van der Waals surface area contributed by atoms with Crippen LogP contribution in [0, 0.1) is 13.8 Å². The molecule has 3 N–H and O–H groups in total. The van der Waals surface area contributed by atoms with E-state index in [1.165, 1.54) is 0 Å². The molecule has 0 saturated heterocycles. The Labute approximate surface area is 93.2 Å². The number of halogens is 1. The molecule has 0 radical (unpaired) electrons. The minimum absolute atomic E-state index is 0.658. The fourth-order valence-corrected chi connectivity index (χ4v) is 1.98. The Bertz CT molecular complexity index is 523. The molecular formula is C11H12ClN3. The fraction of sp³-hybridized carbons (Fsp3) is 0.182. The van der Waals surface area contributed by atoms with Crippen molar-refractivity contribution in [3.05, 3.63) is 34.5 Å². The van der Waals surface area contributed by atoms with Gasteiger partial charge in [0.25, 0.3) is 0 Å². The molecule has 0 bridgehead atoms. The van der Waals surface area contributed by atoms with E-state index >= 15 is 0 Å². The Morgan fingerprint density at radius 3 is 2.67 bits per heavy atom. The van der Waals surface area contributed by atoms with Crippen LogP contribution in [0.25, 0.3) is 10.9 Å². The Kier molecular flexibility index (Phi) is 2.50. The van der Waals surface area contributed by atoms with E-state index in [1.807, 2.05) is 32.0 Å². The molecule has 0 aliphatic carbocycles. The summed E-state index contributed by atoms with van der Waals surface area (Å²) in [7, 11) is 0. The van der Waals surface area contributed by atoms with E-state index in [9.17, 15) is 0 Å². The summed E-state index contributed by atoms with van der Waals surface area (Å²) in [6.45, 7) is 3.90. The molecule has 1 aromatic heterocycles. The zero-order chi connectivity index (χ0) is 11.0. The van der Waals surface area contributed by atoms with Crippen molar-refractivity contribution in [1.82, 2.24) is 4.98 Å². The summed E-state index contributed by atoms with van der Waals surface area (Å²) in [5.41, 5.74) is 6.29. The maximum atomic E-state index is 6.13. The molecule has 1 heterocycles. The third kappa shape index (κ3) is 1.76. The zero-order valence-corrected chi connectivity index (χ0v) is 9.39. The molecular weight excluding hydrogens is 210 g/mol. The SMILES string of the molecule is Cc1cc(Cl)c2nc(C)cc(NN)c2c1. The molecule has 0 aliphatic heterocycles. The maximum absolute atomic E-state index is 6.13. The van der Waals surface area contributed by atoms with Gasteiger partial charge in [0.05, 0.1) is 16.2 Å². The number of nitrogens with one attached hydrogen (secondary N) is 1. The second kappa shape index (κ2) is 3.68. The van der Waals surface area contributed by atoms with E-state index in [0.717, 1.165) is 27.8 Å². The van der Waals surface area contributed by atoms with Crippen LogP contribution in [-0.2, 0) is 0 Å². The van der Waals surface area contributed by atoms with Gasteiger partial charge in [-0.05, 0) is 37.6 Å². The highest BCUT2D eigenvalue weighted by Gasteiger charge is 2.07. The molecule has 0 spiro atoms. The summed E-state index contributed by atoms with van der Waals surface area (Å²) in [5, 5.41) is 1.61. The molecule has 2 rings (SSSR count). The van der Waals surface area contributed by atoms with Gasteiger partial charge in [0.1, 0.15) is 0 Å². The van der Waals surface area contributed by atoms with Gasteiger partial charge >= 0.3 is 0 Å². The number of anilines is 1. The first-order chi connectivity index (χ1) is 7.11. The van der Waals surface area contributed by atoms with Crippen molar-refractivity contribution in [1.29, 1.82) is 0 Å². The molecule has 4 heteroatoms. The lowest BCUT2D eigenvalue weighted by molar-refractivity contribution is 1.24. The lowest BCUT2D eigenvalue weighted by atomic mass is 10.1. The molecule has 78 valence electrons. The van der Waals surface area contributed by atoms with Gasteiger partial charge in [0.15, 0.2) is 0 Å². The molecule has 0 saturated carbocycles. The standard InChI is InChI=1S/C11H12ClN3/c1-6-3-8-10(15-13)5-7(2)14-11(8)9(12)4-6/h3-5H,13H2,1-2H3,(H,14,15). The summed E-state index contributed by atoms with van der Waals surface area (Å²) in [6.07, 6.45) is 0. The number of rotatable bonds is 1. The zero-order valence-electron chi connectivity index (χ0n) is 8.63. The van der Waals surface area contributed by atoms with Crippen LogP contribution >= 0.6 is 11.6 Å². The number of aryl methyl sites for hydroxylation is 2. The molecule has 1 aromatic carbocycles. The second-order valence-electron chi connectivity index (χ2n) is 3.60. The first-order valence-corrected chi connectivity index (χ1v) is 5.03. The number of hydrazine groups is 1. The highest BCUT2D eigenvalue weighted by molar-refractivity contribution is 6.35. The topological polar surface area (TPSA) is 50.9 Å². The van der Waals surface area contributed by atoms with E-state index < -0.39 is 0 Å². The van der Waals surface area contributed by atoms with Crippen molar-refractivity contribution in [3.63, 3.8) is 0 Å². The molecule has 0 unspecified atom stereocenters. The third-order valence-electron chi connectivity index (χ3n) is 2.29. The third-order valence-corrected chi connectivity index (χ3v) is 2.58. The van der Waals surface area contributed by atoms with Gasteiger partial charge in [-0.15, -0.1) is 0 Å². The summed E-state index contributed by atoms with van der Waals surface area (Å²) < 4.78 is 0. The predicted molar refractivity (Wildman–Crippen MR) is 64.0 cm³/mol. The lowest BCUT2D eigenvalue weighted by Crippen LogP contribution is -2.08. The minimum atomic E-state index is 0.658. The van der Waals surface area contributed by atoms with Crippen LogP contribution in [0.4, 0.5) is 5.69 Å². The number of benzene rings is 1. The van der Waals surface area contributed by atoms with Gasteiger partial charge in [-0.3, -0.25) is 10.8 Å². The number of nitrogens with zero attached hydrogens (tertiary/aromatic N) is 1. The molecule has 15 heavy (non-hydrogen) atoms. The van der Waals surface area contributed by atoms with Crippen LogP contribution in [0.3, 0.4) is 0 Å². The molecule has 0 aliphatic rings. The van der Waals surface area contributed by atoms with Crippen molar-refractivity contribution in [2.45, 2.75) is 13.8 Å². The van der Waals surface area contributed by atoms with E-state index in [4.69, 9.17) is 17.4 Å². The first kappa shape index (κ1) is 10.2. The van der Waals surface area contributed by atoms with Gasteiger partial charge < -0.3 is 5.43 Å². The van der Waals surface area contributed by atoms with Crippen molar-refractivity contribution in [2.75, 3.05) is 5.43 Å². The fourth-order valence-electron chi connectivity index (χ4n) is 1.67. The Morgan fingerprint density at radius 2 is 2.00 bits per heavy atom. The van der Waals surface area contributed by atoms with Crippen LogP contribution in [0.5, 0.6) is 0 Å². The lowest BCUT2D eigenvalue weighted by Gasteiger charge is -2.09. The average molecular weight is 222 g/mol. The van der Waals surface area contributed by atoms with Crippen LogP contribution in [-0.4, -0.2) is 4.98 Å². The number of nitrogens with two attached hydrogens (primary N) is 1. The van der Waals surface area contributed by atoms with Crippen LogP contribution in [0.2, 0.25) is 5.02 Å². The van der Waals surface area contributed by atoms with Crippen LogP contribution < -0.4 is 11.3 Å². The number of nitrogen functional groups attached to an aromatic ring is 1. The van der Waals surface area contributed by atoms with Crippen molar-refractivity contribution >= 4 is 28.2 Å². The number of hydrogen-bond donors (Lipinski definition) is 2. The van der Waals surface area contributed by atoms with E-state index in [-0.39, 0.29) is 0 Å². The number of aromatic nitrogens is 1. The minimum Gasteiger partial charge on any atom is -0.323 e. The molecule has 3 nitrogen and oxygen atoms in total. The largest absolute Gasteiger partial charge is 0.323 e. The summed E-state index contributed by atoms with van der Waals surface area (Å²) in [4.78, 5) is 4.40. The average Bonchev–Trinajstić information content (AvgIpc) is 2.18. The van der Waals surface area contributed by atoms with E-state index in [2.05, 4.69) is 10.4 Å². The quantitative estimate of drug-likeness (QED) is 0.575. The van der Waals surface area contributed by atoms with Gasteiger partial charge in [-0.25, -0.2) is 0 Å². The summed E-state index contributed by atoms with van der Waals surface area (Å²) >= 11 is 6.13. The highest BCUT2D eigenvalue weighted by atomic mass is 35.5. The van der Waals surface area contributed by atoms with Crippen LogP contribution in [0.1, 0.15) is 11.3 Å². The number of pyridine rings is 1. The van der Waals surface area contributed by atoms with Gasteiger partial charge in [-0.2, -0.15) is 0 Å². The van der Waals surface area contributed by atoms with Crippen molar-refractivity contribution < 1.29 is 0 Å². The monoisotopic (exact) mass is 221 g/mol. The van der Waals surface area contributed by atoms with Crippen LogP contribution in [0.15, 0.2) is 18.2 Å². The molecule has 0 amide bonds. The van der Waals surface area contributed by atoms with Crippen molar-refractivity contribution in [2.24, 2.45) is 5.84 Å². The second-order valence-corrected chi connectivity index (χ2v) is 4.01. The molecule has 2 aromatic rings. The molecule has 0 atom stereocenters. The Morgan fingerprint density at radius 1 is 1.27 bits per heavy atom. The normalized spacial score (nSPS) is 10.7. The Hall–Kier alpha value is -1.32. The molecule has 0 fully saturated rings. The van der Waals surface area contributed by atoms with Gasteiger partial charge in [-0.1, -0.05) is 11.6 Å². The first-order valence-electron chi connectivity index (χ1n) is 4.66. The van der Waals surface area contributed by atoms with Crippen molar-refractivity contribution in [3.8, 4) is 0 Å². The Balaban J connectivity index is 2.89. The number of hydrogen-bond acceptors (Lipinski definition) is 3. The summed E-state index contributed by atoms with van der Waals surface area (Å²) in [5.74, 6) is 5.46. The smallest absolute Gasteiger partial charge is 0.0912 e. The maximum Gasteiger partial charge on any atom is 0.0912 e. The van der Waals surface area contributed by atoms with Gasteiger partial charge in [0, 0.05) is 11.1 Å². The van der Waals surface area contributed by atoms with E-state index in [0.29, 0.717) is 5.02 Å². The number of fused-ring (bicyclic) bond motifs is 1.